The summed E-state index contributed by atoms with van der Waals surface area (Å²) >= 11 is 0. The van der Waals surface area contributed by atoms with Gasteiger partial charge in [-0.1, -0.05) is 27.7 Å². The molecule has 196 valence electrons. The molecular weight excluding hydrogens is 424 g/mol. The van der Waals surface area contributed by atoms with Crippen molar-refractivity contribution in [2.45, 2.75) is 79.1 Å². The molecule has 2 amide bonds. The molecule has 1 saturated carbocycles. The summed E-state index contributed by atoms with van der Waals surface area (Å²) in [6.07, 6.45) is 8.10. The molecule has 6 heteroatoms. The molecule has 1 aliphatic carbocycles. The Kier molecular flexibility index (Phi) is 11.2. The Morgan fingerprint density at radius 2 is 0.941 bits per heavy atom. The average Bonchev–Trinajstić information content (AvgIpc) is 2.78. The molecule has 2 heterocycles. The second-order valence-corrected chi connectivity index (χ2v) is 12.2. The average molecular weight is 477 g/mol. The van der Waals surface area contributed by atoms with Crippen molar-refractivity contribution in [2.75, 3.05) is 52.4 Å². The fourth-order valence-corrected chi connectivity index (χ4v) is 6.88. The van der Waals surface area contributed by atoms with Crippen LogP contribution in [0.1, 0.15) is 79.1 Å². The second kappa shape index (κ2) is 13.8. The predicted molar refractivity (Wildman–Crippen MR) is 139 cm³/mol. The minimum Gasteiger partial charge on any atom is -0.356 e. The van der Waals surface area contributed by atoms with E-state index in [1.807, 2.05) is 0 Å². The lowest BCUT2D eigenvalue weighted by molar-refractivity contribution is -0.130. The van der Waals surface area contributed by atoms with E-state index in [0.717, 1.165) is 88.4 Å². The van der Waals surface area contributed by atoms with Crippen LogP contribution in [0, 0.1) is 35.5 Å². The van der Waals surface area contributed by atoms with Crippen LogP contribution in [0.3, 0.4) is 0 Å². The first-order chi connectivity index (χ1) is 16.3. The molecule has 34 heavy (non-hydrogen) atoms. The van der Waals surface area contributed by atoms with Crippen LogP contribution in [0.5, 0.6) is 0 Å². The molecule has 2 aliphatic heterocycles. The third kappa shape index (κ3) is 9.14. The van der Waals surface area contributed by atoms with Gasteiger partial charge in [0.15, 0.2) is 0 Å². The molecule has 0 aromatic heterocycles. The van der Waals surface area contributed by atoms with Gasteiger partial charge in [0, 0.05) is 51.1 Å². The zero-order chi connectivity index (χ0) is 24.5. The molecule has 0 aromatic rings. The number of likely N-dealkylation sites (tertiary alicyclic amines) is 2. The number of rotatable bonds is 10. The molecule has 4 unspecified atom stereocenters. The van der Waals surface area contributed by atoms with Crippen LogP contribution in [-0.4, -0.2) is 74.0 Å². The largest absolute Gasteiger partial charge is 0.356 e. The number of carbonyl (C=O) groups excluding carboxylic acids is 2. The van der Waals surface area contributed by atoms with Crippen molar-refractivity contribution in [1.82, 2.24) is 20.4 Å². The second-order valence-electron chi connectivity index (χ2n) is 12.2. The standard InChI is InChI=1S/C28H52N4O2/c1-21-15-22(2)18-31(17-21)13-5-11-29-27(33)25-7-9-26(10-8-25)28(34)30-12-6-14-32-19-23(3)16-24(4)20-32/h21-26H,5-20H2,1-4H3,(H,29,33)(H,30,34). The predicted octanol–water partition coefficient (Wildman–Crippen LogP) is 3.76. The number of nitrogens with one attached hydrogen (secondary N) is 2. The van der Waals surface area contributed by atoms with Crippen molar-refractivity contribution in [3.63, 3.8) is 0 Å². The summed E-state index contributed by atoms with van der Waals surface area (Å²) in [6.45, 7) is 17.9. The lowest BCUT2D eigenvalue weighted by Gasteiger charge is -2.35. The molecule has 0 bridgehead atoms. The van der Waals surface area contributed by atoms with E-state index in [-0.39, 0.29) is 23.7 Å². The van der Waals surface area contributed by atoms with Gasteiger partial charge in [-0.15, -0.1) is 0 Å². The zero-order valence-electron chi connectivity index (χ0n) is 22.5. The Bertz CT molecular complexity index is 560. The molecule has 0 aromatic carbocycles. The third-order valence-corrected chi connectivity index (χ3v) is 8.26. The van der Waals surface area contributed by atoms with Crippen molar-refractivity contribution in [1.29, 1.82) is 0 Å². The maximum absolute atomic E-state index is 12.6. The topological polar surface area (TPSA) is 64.7 Å². The van der Waals surface area contributed by atoms with E-state index >= 15 is 0 Å². The highest BCUT2D eigenvalue weighted by Crippen LogP contribution is 2.29. The molecule has 2 N–H and O–H groups in total. The Hall–Kier alpha value is -1.14. The van der Waals surface area contributed by atoms with Crippen LogP contribution in [0.2, 0.25) is 0 Å². The normalized spacial score (nSPS) is 33.4. The van der Waals surface area contributed by atoms with Crippen molar-refractivity contribution in [2.24, 2.45) is 35.5 Å². The van der Waals surface area contributed by atoms with Crippen molar-refractivity contribution >= 4 is 11.8 Å². The molecule has 6 nitrogen and oxygen atoms in total. The van der Waals surface area contributed by atoms with E-state index < -0.39 is 0 Å². The van der Waals surface area contributed by atoms with Gasteiger partial charge < -0.3 is 20.4 Å². The molecular formula is C28H52N4O2. The van der Waals surface area contributed by atoms with Crippen molar-refractivity contribution in [3.8, 4) is 0 Å². The van der Waals surface area contributed by atoms with Gasteiger partial charge in [-0.3, -0.25) is 9.59 Å². The van der Waals surface area contributed by atoms with Crippen LogP contribution >= 0.6 is 0 Å². The maximum Gasteiger partial charge on any atom is 0.223 e. The van der Waals surface area contributed by atoms with Gasteiger partial charge in [-0.25, -0.2) is 0 Å². The van der Waals surface area contributed by atoms with Gasteiger partial charge in [0.1, 0.15) is 0 Å². The van der Waals surface area contributed by atoms with E-state index in [0.29, 0.717) is 0 Å². The summed E-state index contributed by atoms with van der Waals surface area (Å²) in [5.74, 6) is 3.71. The summed E-state index contributed by atoms with van der Waals surface area (Å²) in [5.41, 5.74) is 0. The number of piperidine rings is 2. The number of carbonyl (C=O) groups is 2. The van der Waals surface area contributed by atoms with E-state index in [9.17, 15) is 9.59 Å². The summed E-state index contributed by atoms with van der Waals surface area (Å²) < 4.78 is 0. The first-order valence-electron chi connectivity index (χ1n) is 14.3. The zero-order valence-corrected chi connectivity index (χ0v) is 22.5. The number of hydrogen-bond acceptors (Lipinski definition) is 4. The highest BCUT2D eigenvalue weighted by atomic mass is 16.2. The summed E-state index contributed by atoms with van der Waals surface area (Å²) in [5, 5.41) is 6.33. The smallest absolute Gasteiger partial charge is 0.223 e. The number of nitrogens with zero attached hydrogens (tertiary/aromatic N) is 2. The highest BCUT2D eigenvalue weighted by molar-refractivity contribution is 5.81. The van der Waals surface area contributed by atoms with E-state index in [1.54, 1.807) is 0 Å². The van der Waals surface area contributed by atoms with Gasteiger partial charge in [0.05, 0.1) is 0 Å². The van der Waals surface area contributed by atoms with Gasteiger partial charge in [-0.05, 0) is 88.1 Å². The van der Waals surface area contributed by atoms with Gasteiger partial charge in [0.2, 0.25) is 11.8 Å². The van der Waals surface area contributed by atoms with E-state index in [4.69, 9.17) is 0 Å². The first kappa shape index (κ1) is 27.4. The van der Waals surface area contributed by atoms with Crippen LogP contribution in [-0.2, 0) is 9.59 Å². The molecule has 3 rings (SSSR count). The van der Waals surface area contributed by atoms with Gasteiger partial charge >= 0.3 is 0 Å². The molecule has 0 radical (unpaired) electrons. The fraction of sp³-hybridized carbons (Fsp3) is 0.929. The summed E-state index contributed by atoms with van der Waals surface area (Å²) in [7, 11) is 0. The summed E-state index contributed by atoms with van der Waals surface area (Å²) in [6, 6.07) is 0. The first-order valence-corrected chi connectivity index (χ1v) is 14.3. The Labute approximate surface area is 209 Å². The minimum absolute atomic E-state index is 0.0853. The van der Waals surface area contributed by atoms with Crippen molar-refractivity contribution in [3.05, 3.63) is 0 Å². The number of amides is 2. The van der Waals surface area contributed by atoms with Crippen LogP contribution < -0.4 is 10.6 Å². The Morgan fingerprint density at radius 3 is 1.26 bits per heavy atom. The minimum atomic E-state index is 0.0853. The highest BCUT2D eigenvalue weighted by Gasteiger charge is 2.30. The van der Waals surface area contributed by atoms with Gasteiger partial charge in [-0.2, -0.15) is 0 Å². The molecule has 4 atom stereocenters. The molecule has 3 aliphatic rings. The number of hydrogen-bond donors (Lipinski definition) is 2. The van der Waals surface area contributed by atoms with Crippen LogP contribution in [0.25, 0.3) is 0 Å². The van der Waals surface area contributed by atoms with E-state index in [1.165, 1.54) is 39.0 Å². The third-order valence-electron chi connectivity index (χ3n) is 8.26. The molecule has 3 fully saturated rings. The lowest BCUT2D eigenvalue weighted by Crippen LogP contribution is -2.41. The molecule has 0 spiro atoms. The fourth-order valence-electron chi connectivity index (χ4n) is 6.88. The summed E-state index contributed by atoms with van der Waals surface area (Å²) in [4.78, 5) is 30.3. The van der Waals surface area contributed by atoms with Crippen LogP contribution in [0.4, 0.5) is 0 Å². The quantitative estimate of drug-likeness (QED) is 0.471. The SMILES string of the molecule is CC1CC(C)CN(CCCNC(=O)C2CCC(C(=O)NCCCN3CC(C)CC(C)C3)CC2)C1. The lowest BCUT2D eigenvalue weighted by atomic mass is 9.81. The Balaban J connectivity index is 1.23. The van der Waals surface area contributed by atoms with Crippen molar-refractivity contribution < 1.29 is 9.59 Å². The van der Waals surface area contributed by atoms with Crippen LogP contribution in [0.15, 0.2) is 0 Å². The maximum atomic E-state index is 12.6. The monoisotopic (exact) mass is 476 g/mol. The molecule has 2 saturated heterocycles. The van der Waals surface area contributed by atoms with Gasteiger partial charge in [0.25, 0.3) is 0 Å². The van der Waals surface area contributed by atoms with E-state index in [2.05, 4.69) is 48.1 Å². The Morgan fingerprint density at radius 1 is 0.618 bits per heavy atom.